The molecule has 0 aliphatic carbocycles. The van der Waals surface area contributed by atoms with E-state index in [1.54, 1.807) is 21.3 Å². The van der Waals surface area contributed by atoms with E-state index in [1.807, 2.05) is 43.3 Å². The van der Waals surface area contributed by atoms with E-state index in [2.05, 4.69) is 16.2 Å². The third-order valence-corrected chi connectivity index (χ3v) is 4.50. The summed E-state index contributed by atoms with van der Waals surface area (Å²) in [6.07, 6.45) is 0.919. The van der Waals surface area contributed by atoms with Gasteiger partial charge in [0.05, 0.1) is 27.8 Å². The number of hydrogen-bond acceptors (Lipinski definition) is 5. The molecule has 1 amide bonds. The van der Waals surface area contributed by atoms with Crippen molar-refractivity contribution in [1.29, 1.82) is 0 Å². The Balaban J connectivity index is 1.76. The number of ether oxygens (including phenoxy) is 3. The van der Waals surface area contributed by atoms with Crippen LogP contribution in [0.5, 0.6) is 17.2 Å². The third kappa shape index (κ3) is 6.83. The monoisotopic (exact) mass is 417 g/mol. The maximum atomic E-state index is 12.2. The van der Waals surface area contributed by atoms with E-state index in [-0.39, 0.29) is 12.3 Å². The van der Waals surface area contributed by atoms with Crippen molar-refractivity contribution in [3.8, 4) is 17.2 Å². The van der Waals surface area contributed by atoms with Crippen molar-refractivity contribution in [1.82, 2.24) is 16.2 Å². The summed E-state index contributed by atoms with van der Waals surface area (Å²) in [6.45, 7) is 2.57. The summed E-state index contributed by atoms with van der Waals surface area (Å²) < 4.78 is 15.8. The van der Waals surface area contributed by atoms with Gasteiger partial charge in [-0.25, -0.2) is 0 Å². The third-order valence-electron chi connectivity index (χ3n) is 4.25. The van der Waals surface area contributed by atoms with Gasteiger partial charge in [-0.05, 0) is 49.3 Å². The molecule has 0 saturated carbocycles. The van der Waals surface area contributed by atoms with Gasteiger partial charge >= 0.3 is 0 Å². The molecule has 0 spiro atoms. The molecule has 0 fully saturated rings. The van der Waals surface area contributed by atoms with Crippen LogP contribution in [0.2, 0.25) is 0 Å². The Kier molecular flexibility index (Phi) is 8.54. The van der Waals surface area contributed by atoms with E-state index in [0.717, 1.165) is 23.1 Å². The highest BCUT2D eigenvalue weighted by molar-refractivity contribution is 7.80. The summed E-state index contributed by atoms with van der Waals surface area (Å²) in [6, 6.07) is 11.5. The van der Waals surface area contributed by atoms with E-state index >= 15 is 0 Å². The summed E-state index contributed by atoms with van der Waals surface area (Å²) in [4.78, 5) is 12.2. The van der Waals surface area contributed by atoms with Crippen LogP contribution in [0.1, 0.15) is 16.7 Å². The topological polar surface area (TPSA) is 80.9 Å². The van der Waals surface area contributed by atoms with Gasteiger partial charge in [0.15, 0.2) is 16.6 Å². The maximum Gasteiger partial charge on any atom is 0.242 e. The minimum absolute atomic E-state index is 0.187. The Morgan fingerprint density at radius 3 is 2.31 bits per heavy atom. The van der Waals surface area contributed by atoms with Gasteiger partial charge in [0.1, 0.15) is 5.75 Å². The van der Waals surface area contributed by atoms with Crippen LogP contribution in [0.4, 0.5) is 0 Å². The molecule has 8 heteroatoms. The molecular formula is C21H27N3O4S. The zero-order valence-corrected chi connectivity index (χ0v) is 17.9. The SMILES string of the molecule is COc1ccc(C)cc1CC(=O)NNC(=S)NCCc1ccc(OC)c(OC)c1. The average molecular weight is 418 g/mol. The van der Waals surface area contributed by atoms with Crippen molar-refractivity contribution < 1.29 is 19.0 Å². The van der Waals surface area contributed by atoms with Crippen molar-refractivity contribution >= 4 is 23.2 Å². The Labute approximate surface area is 176 Å². The standard InChI is InChI=1S/C21H27N3O4S/c1-14-5-7-17(26-2)16(11-14)13-20(25)23-24-21(29)22-10-9-15-6-8-18(27-3)19(12-15)28-4/h5-8,11-12H,9-10,13H2,1-4H3,(H,23,25)(H2,22,24,29). The molecule has 0 aliphatic rings. The predicted octanol–water partition coefficient (Wildman–Crippen LogP) is 2.30. The molecule has 2 aromatic rings. The fraction of sp³-hybridized carbons (Fsp3) is 0.333. The van der Waals surface area contributed by atoms with Crippen LogP contribution in [0.3, 0.4) is 0 Å². The van der Waals surface area contributed by atoms with Gasteiger partial charge in [0.25, 0.3) is 0 Å². The van der Waals surface area contributed by atoms with Gasteiger partial charge < -0.3 is 19.5 Å². The number of thiocarbonyl (C=S) groups is 1. The lowest BCUT2D eigenvalue weighted by molar-refractivity contribution is -0.121. The van der Waals surface area contributed by atoms with Gasteiger partial charge in [-0.1, -0.05) is 23.8 Å². The zero-order chi connectivity index (χ0) is 21.2. The van der Waals surface area contributed by atoms with Gasteiger partial charge in [-0.2, -0.15) is 0 Å². The van der Waals surface area contributed by atoms with E-state index in [0.29, 0.717) is 28.9 Å². The number of aryl methyl sites for hydroxylation is 1. The molecule has 156 valence electrons. The second-order valence-corrected chi connectivity index (χ2v) is 6.77. The minimum Gasteiger partial charge on any atom is -0.496 e. The molecule has 29 heavy (non-hydrogen) atoms. The molecule has 0 unspecified atom stereocenters. The van der Waals surface area contributed by atoms with Crippen LogP contribution in [-0.2, 0) is 17.6 Å². The number of hydrazine groups is 1. The van der Waals surface area contributed by atoms with Crippen LogP contribution in [0.15, 0.2) is 36.4 Å². The van der Waals surface area contributed by atoms with Crippen LogP contribution in [0, 0.1) is 6.92 Å². The lowest BCUT2D eigenvalue weighted by atomic mass is 10.1. The molecule has 2 aromatic carbocycles. The number of carbonyl (C=O) groups is 1. The van der Waals surface area contributed by atoms with E-state index in [4.69, 9.17) is 26.4 Å². The van der Waals surface area contributed by atoms with Gasteiger partial charge in [0.2, 0.25) is 5.91 Å². The summed E-state index contributed by atoms with van der Waals surface area (Å²) in [5.41, 5.74) is 8.28. The highest BCUT2D eigenvalue weighted by atomic mass is 32.1. The highest BCUT2D eigenvalue weighted by Crippen LogP contribution is 2.27. The van der Waals surface area contributed by atoms with Crippen LogP contribution in [0.25, 0.3) is 0 Å². The Morgan fingerprint density at radius 1 is 0.931 bits per heavy atom. The average Bonchev–Trinajstić information content (AvgIpc) is 2.72. The molecule has 0 bridgehead atoms. The normalized spacial score (nSPS) is 10.1. The summed E-state index contributed by atoms with van der Waals surface area (Å²) in [5, 5.41) is 3.40. The second kappa shape index (κ2) is 11.1. The van der Waals surface area contributed by atoms with Crippen molar-refractivity contribution in [2.24, 2.45) is 0 Å². The van der Waals surface area contributed by atoms with Gasteiger partial charge in [-0.15, -0.1) is 0 Å². The number of hydrogen-bond donors (Lipinski definition) is 3. The number of rotatable bonds is 8. The van der Waals surface area contributed by atoms with E-state index < -0.39 is 0 Å². The quantitative estimate of drug-likeness (QED) is 0.449. The molecule has 7 nitrogen and oxygen atoms in total. The molecule has 2 rings (SSSR count). The van der Waals surface area contributed by atoms with Crippen molar-refractivity contribution in [2.45, 2.75) is 19.8 Å². The molecule has 0 aliphatic heterocycles. The first-order valence-electron chi connectivity index (χ1n) is 9.14. The summed E-state index contributed by atoms with van der Waals surface area (Å²) >= 11 is 5.20. The fourth-order valence-electron chi connectivity index (χ4n) is 2.79. The molecule has 0 heterocycles. The van der Waals surface area contributed by atoms with E-state index in [1.165, 1.54) is 0 Å². The molecular weight excluding hydrogens is 390 g/mol. The predicted molar refractivity (Wildman–Crippen MR) is 117 cm³/mol. The van der Waals surface area contributed by atoms with Gasteiger partial charge in [-0.3, -0.25) is 15.6 Å². The van der Waals surface area contributed by atoms with E-state index in [9.17, 15) is 4.79 Å². The molecule has 0 aromatic heterocycles. The summed E-state index contributed by atoms with van der Waals surface area (Å²) in [5.74, 6) is 1.85. The lowest BCUT2D eigenvalue weighted by Crippen LogP contribution is -2.47. The fourth-order valence-corrected chi connectivity index (χ4v) is 2.94. The number of amides is 1. The molecule has 0 atom stereocenters. The summed E-state index contributed by atoms with van der Waals surface area (Å²) in [7, 11) is 4.79. The lowest BCUT2D eigenvalue weighted by Gasteiger charge is -2.13. The maximum absolute atomic E-state index is 12.2. The van der Waals surface area contributed by atoms with Crippen LogP contribution in [-0.4, -0.2) is 38.9 Å². The molecule has 3 N–H and O–H groups in total. The van der Waals surface area contributed by atoms with Crippen LogP contribution < -0.4 is 30.4 Å². The number of benzene rings is 2. The number of methoxy groups -OCH3 is 3. The highest BCUT2D eigenvalue weighted by Gasteiger charge is 2.09. The second-order valence-electron chi connectivity index (χ2n) is 6.36. The first kappa shape index (κ1) is 22.3. The van der Waals surface area contributed by atoms with Crippen LogP contribution >= 0.6 is 12.2 Å². The minimum atomic E-state index is -0.210. The molecule has 0 radical (unpaired) electrons. The zero-order valence-electron chi connectivity index (χ0n) is 17.1. The number of nitrogens with one attached hydrogen (secondary N) is 3. The molecule has 0 saturated heterocycles. The Bertz CT molecular complexity index is 858. The van der Waals surface area contributed by atoms with Crippen molar-refractivity contribution in [3.05, 3.63) is 53.1 Å². The van der Waals surface area contributed by atoms with Gasteiger partial charge in [0, 0.05) is 12.1 Å². The van der Waals surface area contributed by atoms with Crippen molar-refractivity contribution in [3.63, 3.8) is 0 Å². The smallest absolute Gasteiger partial charge is 0.242 e. The number of carbonyl (C=O) groups excluding carboxylic acids is 1. The first-order chi connectivity index (χ1) is 14.0. The Hall–Kier alpha value is -3.00. The van der Waals surface area contributed by atoms with Crippen molar-refractivity contribution in [2.75, 3.05) is 27.9 Å². The largest absolute Gasteiger partial charge is 0.496 e. The first-order valence-corrected chi connectivity index (χ1v) is 9.54. The Morgan fingerprint density at radius 2 is 1.62 bits per heavy atom.